The van der Waals surface area contributed by atoms with Crippen molar-refractivity contribution >= 4 is 11.4 Å². The average molecular weight is 323 g/mol. The lowest BCUT2D eigenvalue weighted by atomic mass is 10.0. The number of fused-ring (bicyclic) bond motifs is 1. The second-order valence-electron chi connectivity index (χ2n) is 6.88. The molecule has 24 heavy (non-hydrogen) atoms. The number of nitro groups is 1. The minimum absolute atomic E-state index is 0.159. The van der Waals surface area contributed by atoms with Crippen LogP contribution < -0.4 is 4.90 Å². The van der Waals surface area contributed by atoms with E-state index in [0.29, 0.717) is 11.8 Å². The Morgan fingerprint density at radius 1 is 0.917 bits per heavy atom. The molecule has 0 N–H and O–H groups in total. The third-order valence-electron chi connectivity index (χ3n) is 5.24. The van der Waals surface area contributed by atoms with Crippen LogP contribution >= 0.6 is 0 Å². The highest BCUT2D eigenvalue weighted by Gasteiger charge is 2.39. The minimum Gasteiger partial charge on any atom is -0.371 e. The Labute approximate surface area is 141 Å². The second kappa shape index (κ2) is 6.24. The van der Waals surface area contributed by atoms with Crippen LogP contribution in [0.25, 0.3) is 0 Å². The molecule has 4 rings (SSSR count). The summed E-state index contributed by atoms with van der Waals surface area (Å²) in [5.74, 6) is 1.40. The van der Waals surface area contributed by atoms with Gasteiger partial charge in [0.05, 0.1) is 4.92 Å². The van der Waals surface area contributed by atoms with Gasteiger partial charge in [0.15, 0.2) is 0 Å². The van der Waals surface area contributed by atoms with Crippen LogP contribution in [0.15, 0.2) is 54.6 Å². The fourth-order valence-electron chi connectivity index (χ4n) is 4.06. The highest BCUT2D eigenvalue weighted by atomic mass is 16.6. The van der Waals surface area contributed by atoms with Crippen LogP contribution in [0.1, 0.15) is 5.56 Å². The summed E-state index contributed by atoms with van der Waals surface area (Å²) in [6.45, 7) is 5.42. The van der Waals surface area contributed by atoms with Crippen molar-refractivity contribution in [1.29, 1.82) is 0 Å². The van der Waals surface area contributed by atoms with E-state index in [2.05, 4.69) is 40.1 Å². The summed E-state index contributed by atoms with van der Waals surface area (Å²) < 4.78 is 0. The lowest BCUT2D eigenvalue weighted by Gasteiger charge is -2.23. The van der Waals surface area contributed by atoms with Gasteiger partial charge in [-0.15, -0.1) is 0 Å². The molecule has 2 fully saturated rings. The first-order chi connectivity index (χ1) is 11.7. The quantitative estimate of drug-likeness (QED) is 0.640. The Bertz CT molecular complexity index is 703. The molecule has 5 nitrogen and oxygen atoms in total. The maximum absolute atomic E-state index is 10.8. The van der Waals surface area contributed by atoms with Gasteiger partial charge in [0.25, 0.3) is 5.69 Å². The smallest absolute Gasteiger partial charge is 0.269 e. The molecule has 0 saturated carbocycles. The molecular formula is C19H21N3O2. The van der Waals surface area contributed by atoms with Crippen LogP contribution in [-0.4, -0.2) is 36.0 Å². The van der Waals surface area contributed by atoms with E-state index < -0.39 is 0 Å². The predicted octanol–water partition coefficient (Wildman–Crippen LogP) is 3.16. The Morgan fingerprint density at radius 3 is 2.12 bits per heavy atom. The van der Waals surface area contributed by atoms with Gasteiger partial charge >= 0.3 is 0 Å². The summed E-state index contributed by atoms with van der Waals surface area (Å²) >= 11 is 0. The molecule has 2 aliphatic rings. The number of rotatable bonds is 4. The maximum Gasteiger partial charge on any atom is 0.269 e. The van der Waals surface area contributed by atoms with Crippen molar-refractivity contribution in [1.82, 2.24) is 4.90 Å². The zero-order chi connectivity index (χ0) is 16.5. The molecule has 2 aromatic rings. The molecule has 0 aromatic heterocycles. The number of benzene rings is 2. The molecule has 124 valence electrons. The molecule has 0 radical (unpaired) electrons. The van der Waals surface area contributed by atoms with Crippen LogP contribution in [-0.2, 0) is 6.54 Å². The fraction of sp³-hybridized carbons (Fsp3) is 0.368. The van der Waals surface area contributed by atoms with Gasteiger partial charge in [-0.1, -0.05) is 30.3 Å². The van der Waals surface area contributed by atoms with Crippen molar-refractivity contribution in [2.24, 2.45) is 11.8 Å². The first-order valence-corrected chi connectivity index (χ1v) is 8.45. The van der Waals surface area contributed by atoms with Gasteiger partial charge < -0.3 is 4.90 Å². The number of nitrogens with zero attached hydrogens (tertiary/aromatic N) is 3. The van der Waals surface area contributed by atoms with Crippen LogP contribution in [0.4, 0.5) is 11.4 Å². The van der Waals surface area contributed by atoms with Gasteiger partial charge in [-0.05, 0) is 29.5 Å². The molecule has 0 amide bonds. The van der Waals surface area contributed by atoms with Crippen LogP contribution in [0.5, 0.6) is 0 Å². The van der Waals surface area contributed by atoms with E-state index in [1.54, 1.807) is 12.1 Å². The Morgan fingerprint density at radius 2 is 1.54 bits per heavy atom. The van der Waals surface area contributed by atoms with Gasteiger partial charge in [-0.25, -0.2) is 0 Å². The van der Waals surface area contributed by atoms with Gasteiger partial charge in [-0.2, -0.15) is 0 Å². The van der Waals surface area contributed by atoms with Crippen molar-refractivity contribution in [3.05, 3.63) is 70.3 Å². The fourth-order valence-corrected chi connectivity index (χ4v) is 4.06. The Hall–Kier alpha value is -2.40. The Kier molecular flexibility index (Phi) is 3.94. The van der Waals surface area contributed by atoms with Gasteiger partial charge in [0.2, 0.25) is 0 Å². The molecule has 2 aliphatic heterocycles. The highest BCUT2D eigenvalue weighted by Crippen LogP contribution is 2.35. The lowest BCUT2D eigenvalue weighted by Crippen LogP contribution is -2.28. The standard InChI is InChI=1S/C19H21N3O2/c23-22(24)19-8-6-18(7-9-19)21-13-16-11-20(12-17(16)14-21)10-15-4-2-1-3-5-15/h1-9,16-17H,10-14H2/t16-,17+. The zero-order valence-electron chi connectivity index (χ0n) is 13.5. The first-order valence-electron chi connectivity index (χ1n) is 8.45. The monoisotopic (exact) mass is 323 g/mol. The lowest BCUT2D eigenvalue weighted by molar-refractivity contribution is -0.384. The van der Waals surface area contributed by atoms with E-state index >= 15 is 0 Å². The van der Waals surface area contributed by atoms with E-state index in [9.17, 15) is 10.1 Å². The summed E-state index contributed by atoms with van der Waals surface area (Å²) in [6.07, 6.45) is 0. The number of non-ortho nitro benzene ring substituents is 1. The molecule has 0 spiro atoms. The molecule has 2 atom stereocenters. The minimum atomic E-state index is -0.343. The summed E-state index contributed by atoms with van der Waals surface area (Å²) in [5.41, 5.74) is 2.64. The second-order valence-corrected chi connectivity index (χ2v) is 6.88. The topological polar surface area (TPSA) is 49.6 Å². The summed E-state index contributed by atoms with van der Waals surface area (Å²) in [6, 6.07) is 17.6. The third kappa shape index (κ3) is 2.99. The van der Waals surface area contributed by atoms with Crippen molar-refractivity contribution in [2.45, 2.75) is 6.54 Å². The molecular weight excluding hydrogens is 302 g/mol. The Balaban J connectivity index is 1.36. The number of likely N-dealkylation sites (tertiary alicyclic amines) is 1. The van der Waals surface area contributed by atoms with Crippen LogP contribution in [0.3, 0.4) is 0 Å². The van der Waals surface area contributed by atoms with Gasteiger partial charge in [-0.3, -0.25) is 15.0 Å². The summed E-state index contributed by atoms with van der Waals surface area (Å²) in [4.78, 5) is 15.3. The predicted molar refractivity (Wildman–Crippen MR) is 94.0 cm³/mol. The summed E-state index contributed by atoms with van der Waals surface area (Å²) in [7, 11) is 0. The molecule has 2 aromatic carbocycles. The van der Waals surface area contributed by atoms with E-state index in [1.807, 2.05) is 12.1 Å². The molecule has 0 aliphatic carbocycles. The maximum atomic E-state index is 10.8. The number of nitro benzene ring substituents is 1. The van der Waals surface area contributed by atoms with Crippen LogP contribution in [0, 0.1) is 22.0 Å². The SMILES string of the molecule is O=[N+]([O-])c1ccc(N2C[C@H]3CN(Cc4ccccc4)C[C@H]3C2)cc1. The van der Waals surface area contributed by atoms with E-state index in [-0.39, 0.29) is 10.6 Å². The van der Waals surface area contributed by atoms with Crippen molar-refractivity contribution < 1.29 is 4.92 Å². The van der Waals surface area contributed by atoms with Crippen molar-refractivity contribution in [2.75, 3.05) is 31.1 Å². The molecule has 0 bridgehead atoms. The van der Waals surface area contributed by atoms with E-state index in [0.717, 1.165) is 38.4 Å². The van der Waals surface area contributed by atoms with Gasteiger partial charge in [0.1, 0.15) is 0 Å². The average Bonchev–Trinajstić information content (AvgIpc) is 3.14. The van der Waals surface area contributed by atoms with E-state index in [4.69, 9.17) is 0 Å². The molecule has 2 heterocycles. The van der Waals surface area contributed by atoms with Crippen molar-refractivity contribution in [3.8, 4) is 0 Å². The van der Waals surface area contributed by atoms with Crippen LogP contribution in [0.2, 0.25) is 0 Å². The highest BCUT2D eigenvalue weighted by molar-refractivity contribution is 5.52. The van der Waals surface area contributed by atoms with Crippen molar-refractivity contribution in [3.63, 3.8) is 0 Å². The zero-order valence-corrected chi connectivity index (χ0v) is 13.5. The third-order valence-corrected chi connectivity index (χ3v) is 5.24. The first kappa shape index (κ1) is 15.1. The normalized spacial score (nSPS) is 23.4. The molecule has 0 unspecified atom stereocenters. The number of hydrogen-bond acceptors (Lipinski definition) is 4. The summed E-state index contributed by atoms with van der Waals surface area (Å²) in [5, 5.41) is 10.8. The largest absolute Gasteiger partial charge is 0.371 e. The molecule has 2 saturated heterocycles. The number of hydrogen-bond donors (Lipinski definition) is 0. The number of anilines is 1. The van der Waals surface area contributed by atoms with Gasteiger partial charge in [0, 0.05) is 50.5 Å². The molecule has 5 heteroatoms. The van der Waals surface area contributed by atoms with E-state index in [1.165, 1.54) is 5.56 Å².